The first-order chi connectivity index (χ1) is 4.20. The van der Waals surface area contributed by atoms with Crippen LogP contribution < -0.4 is 5.43 Å². The van der Waals surface area contributed by atoms with Crippen molar-refractivity contribution in [3.63, 3.8) is 0 Å². The van der Waals surface area contributed by atoms with Crippen LogP contribution >= 0.6 is 0 Å². The minimum Gasteiger partial charge on any atom is -0.312 e. The van der Waals surface area contributed by atoms with E-state index in [4.69, 9.17) is 0 Å². The molecule has 5 heteroatoms. The van der Waals surface area contributed by atoms with Crippen molar-refractivity contribution in [2.45, 2.75) is 0 Å². The van der Waals surface area contributed by atoms with Crippen molar-refractivity contribution >= 4 is 0 Å². The molecule has 0 aromatic heterocycles. The predicted molar refractivity (Wildman–Crippen MR) is 30.8 cm³/mol. The molecule has 1 rings (SSSR count). The lowest BCUT2D eigenvalue weighted by Gasteiger charge is -2.02. The fourth-order valence-electron chi connectivity index (χ4n) is 0.632. The van der Waals surface area contributed by atoms with E-state index in [0.717, 1.165) is 0 Å². The van der Waals surface area contributed by atoms with E-state index in [0.29, 0.717) is 6.54 Å². The summed E-state index contributed by atoms with van der Waals surface area (Å²) in [6.45, 7) is 0.323. The molecule has 0 fully saturated rings. The van der Waals surface area contributed by atoms with E-state index >= 15 is 0 Å². The molecule has 9 heavy (non-hydrogen) atoms. The van der Waals surface area contributed by atoms with Gasteiger partial charge >= 0.3 is 0 Å². The summed E-state index contributed by atoms with van der Waals surface area (Å²) in [4.78, 5) is 9.63. The lowest BCUT2D eigenvalue weighted by molar-refractivity contribution is -0.424. The molecule has 0 aliphatic carbocycles. The van der Waals surface area contributed by atoms with Crippen molar-refractivity contribution in [2.24, 2.45) is 0 Å². The minimum absolute atomic E-state index is 0.206. The van der Waals surface area contributed by atoms with E-state index in [1.807, 2.05) is 0 Å². The summed E-state index contributed by atoms with van der Waals surface area (Å²) in [5.41, 5.74) is 2.96. The predicted octanol–water partition coefficient (Wildman–Crippen LogP) is -0.445. The largest absolute Gasteiger partial charge is 0.312 e. The number of nitrogens with zero attached hydrogens (tertiary/aromatic N) is 2. The highest BCUT2D eigenvalue weighted by molar-refractivity contribution is 4.97. The standard InChI is InChI=1S/C4H7N3O2/c1-6-3-4(2-5-6)7(8)9/h3,5H,2H2,1H3. The van der Waals surface area contributed by atoms with Crippen LogP contribution in [0.1, 0.15) is 0 Å². The average molecular weight is 129 g/mol. The zero-order valence-electron chi connectivity index (χ0n) is 5.00. The highest BCUT2D eigenvalue weighted by atomic mass is 16.6. The third-order valence-corrected chi connectivity index (χ3v) is 1.09. The summed E-state index contributed by atoms with van der Waals surface area (Å²) in [6, 6.07) is 0. The molecule has 0 saturated heterocycles. The van der Waals surface area contributed by atoms with Crippen LogP contribution in [0.5, 0.6) is 0 Å². The van der Waals surface area contributed by atoms with Crippen LogP contribution in [-0.4, -0.2) is 23.5 Å². The van der Waals surface area contributed by atoms with Gasteiger partial charge in [-0.3, -0.25) is 10.1 Å². The van der Waals surface area contributed by atoms with Crippen LogP contribution in [0, 0.1) is 10.1 Å². The molecule has 1 aliphatic rings. The second-order valence-electron chi connectivity index (χ2n) is 1.82. The molecule has 1 N–H and O–H groups in total. The Labute approximate surface area is 52.1 Å². The van der Waals surface area contributed by atoms with Gasteiger partial charge in [-0.15, -0.1) is 0 Å². The second-order valence-corrected chi connectivity index (χ2v) is 1.82. The molecule has 0 saturated carbocycles. The monoisotopic (exact) mass is 129 g/mol. The van der Waals surface area contributed by atoms with Gasteiger partial charge in [0.2, 0.25) is 0 Å². The Hall–Kier alpha value is -1.10. The summed E-state index contributed by atoms with van der Waals surface area (Å²) in [7, 11) is 1.72. The van der Waals surface area contributed by atoms with E-state index in [2.05, 4.69) is 5.43 Å². The second kappa shape index (κ2) is 2.02. The summed E-state index contributed by atoms with van der Waals surface area (Å²) in [5, 5.41) is 11.6. The van der Waals surface area contributed by atoms with E-state index in [9.17, 15) is 10.1 Å². The van der Waals surface area contributed by atoms with Crippen LogP contribution in [0.4, 0.5) is 0 Å². The number of rotatable bonds is 1. The number of nitro groups is 1. The van der Waals surface area contributed by atoms with Crippen molar-refractivity contribution in [1.82, 2.24) is 10.4 Å². The molecule has 0 spiro atoms. The summed E-state index contributed by atoms with van der Waals surface area (Å²) >= 11 is 0. The Morgan fingerprint density at radius 3 is 2.89 bits per heavy atom. The Morgan fingerprint density at radius 1 is 2.00 bits per heavy atom. The van der Waals surface area contributed by atoms with Gasteiger partial charge in [0.15, 0.2) is 0 Å². The molecular weight excluding hydrogens is 122 g/mol. The number of hydrazine groups is 1. The highest BCUT2D eigenvalue weighted by Gasteiger charge is 2.17. The zero-order chi connectivity index (χ0) is 6.85. The number of nitrogens with one attached hydrogen (secondary N) is 1. The molecule has 50 valence electrons. The third-order valence-electron chi connectivity index (χ3n) is 1.09. The van der Waals surface area contributed by atoms with Crippen molar-refractivity contribution in [3.05, 3.63) is 22.0 Å². The number of hydrogen-bond acceptors (Lipinski definition) is 4. The van der Waals surface area contributed by atoms with Crippen LogP contribution in [0.15, 0.2) is 11.9 Å². The SMILES string of the molecule is CN1C=C([N+](=O)[O-])CN1. The maximum atomic E-state index is 10.0. The molecule has 0 atom stereocenters. The normalized spacial score (nSPS) is 17.9. The Morgan fingerprint density at radius 2 is 2.67 bits per heavy atom. The Bertz CT molecular complexity index is 165. The Balaban J connectivity index is 2.62. The molecule has 0 amide bonds. The van der Waals surface area contributed by atoms with Crippen LogP contribution in [0.2, 0.25) is 0 Å². The maximum Gasteiger partial charge on any atom is 0.278 e. The zero-order valence-corrected chi connectivity index (χ0v) is 5.00. The van der Waals surface area contributed by atoms with Crippen molar-refractivity contribution in [1.29, 1.82) is 0 Å². The smallest absolute Gasteiger partial charge is 0.278 e. The van der Waals surface area contributed by atoms with Gasteiger partial charge in [-0.25, -0.2) is 5.43 Å². The summed E-state index contributed by atoms with van der Waals surface area (Å²) in [6.07, 6.45) is 1.46. The number of hydrogen-bond donors (Lipinski definition) is 1. The van der Waals surface area contributed by atoms with Gasteiger partial charge in [0.1, 0.15) is 6.54 Å². The molecule has 0 aromatic rings. The first-order valence-electron chi connectivity index (χ1n) is 2.51. The first-order valence-corrected chi connectivity index (χ1v) is 2.51. The van der Waals surface area contributed by atoms with Gasteiger partial charge in [0.25, 0.3) is 5.70 Å². The fourth-order valence-corrected chi connectivity index (χ4v) is 0.632. The van der Waals surface area contributed by atoms with Gasteiger partial charge in [0.05, 0.1) is 11.1 Å². The molecule has 0 unspecified atom stereocenters. The first kappa shape index (κ1) is 6.03. The molecule has 5 nitrogen and oxygen atoms in total. The summed E-state index contributed by atoms with van der Waals surface area (Å²) < 4.78 is 0. The van der Waals surface area contributed by atoms with Gasteiger partial charge < -0.3 is 5.01 Å². The van der Waals surface area contributed by atoms with Crippen LogP contribution in [0.3, 0.4) is 0 Å². The molecule has 0 radical (unpaired) electrons. The van der Waals surface area contributed by atoms with Gasteiger partial charge in [-0.1, -0.05) is 0 Å². The van der Waals surface area contributed by atoms with E-state index in [-0.39, 0.29) is 5.70 Å². The Kier molecular flexibility index (Phi) is 1.35. The molecule has 1 aliphatic heterocycles. The third kappa shape index (κ3) is 1.17. The molecule has 1 heterocycles. The molecular formula is C4H7N3O2. The van der Waals surface area contributed by atoms with Gasteiger partial charge in [-0.05, 0) is 0 Å². The summed E-state index contributed by atoms with van der Waals surface area (Å²) in [5.74, 6) is 0. The maximum absolute atomic E-state index is 10.0. The van der Waals surface area contributed by atoms with Crippen LogP contribution in [0.25, 0.3) is 0 Å². The fraction of sp³-hybridized carbons (Fsp3) is 0.500. The van der Waals surface area contributed by atoms with Crippen molar-refractivity contribution in [2.75, 3.05) is 13.6 Å². The van der Waals surface area contributed by atoms with Crippen LogP contribution in [-0.2, 0) is 0 Å². The minimum atomic E-state index is -0.392. The van der Waals surface area contributed by atoms with Gasteiger partial charge in [0, 0.05) is 7.05 Å². The van der Waals surface area contributed by atoms with E-state index in [1.165, 1.54) is 6.20 Å². The van der Waals surface area contributed by atoms with Crippen molar-refractivity contribution in [3.8, 4) is 0 Å². The lowest BCUT2D eigenvalue weighted by atomic mass is 10.5. The van der Waals surface area contributed by atoms with E-state index < -0.39 is 4.92 Å². The average Bonchev–Trinajstić information content (AvgIpc) is 2.14. The van der Waals surface area contributed by atoms with Crippen molar-refractivity contribution < 1.29 is 4.92 Å². The van der Waals surface area contributed by atoms with E-state index in [1.54, 1.807) is 12.1 Å². The topological polar surface area (TPSA) is 58.4 Å². The highest BCUT2D eigenvalue weighted by Crippen LogP contribution is 2.00. The lowest BCUT2D eigenvalue weighted by Crippen LogP contribution is -2.24. The molecule has 0 aromatic carbocycles. The molecule has 0 bridgehead atoms. The quantitative estimate of drug-likeness (QED) is 0.385. The van der Waals surface area contributed by atoms with Gasteiger partial charge in [-0.2, -0.15) is 0 Å².